The highest BCUT2D eigenvalue weighted by molar-refractivity contribution is 6.21. The van der Waals surface area contributed by atoms with Gasteiger partial charge in [-0.05, 0) is 36.6 Å². The molecule has 1 atom stereocenters. The molecule has 0 aliphatic rings. The predicted octanol–water partition coefficient (Wildman–Crippen LogP) is 4.80. The van der Waals surface area contributed by atoms with Gasteiger partial charge in [-0.25, -0.2) is 8.78 Å². The van der Waals surface area contributed by atoms with Gasteiger partial charge in [0, 0.05) is 5.56 Å². The molecule has 2 rings (SSSR count). The molecule has 0 bridgehead atoms. The van der Waals surface area contributed by atoms with Crippen LogP contribution in [0.5, 0.6) is 0 Å². The van der Waals surface area contributed by atoms with Crippen LogP contribution in [0.4, 0.5) is 8.78 Å². The highest BCUT2D eigenvalue weighted by Gasteiger charge is 2.18. The molecule has 1 unspecified atom stereocenters. The second-order valence-electron chi connectivity index (χ2n) is 4.23. The number of hydrogen-bond donors (Lipinski definition) is 0. The summed E-state index contributed by atoms with van der Waals surface area (Å²) in [4.78, 5) is 0. The first-order valence-electron chi connectivity index (χ1n) is 5.72. The third kappa shape index (κ3) is 2.70. The Kier molecular flexibility index (Phi) is 3.97. The summed E-state index contributed by atoms with van der Waals surface area (Å²) in [5.41, 5.74) is 2.02. The third-order valence-corrected chi connectivity index (χ3v) is 3.35. The summed E-state index contributed by atoms with van der Waals surface area (Å²) in [7, 11) is 0. The first kappa shape index (κ1) is 13.0. The second kappa shape index (κ2) is 5.49. The Balaban J connectivity index is 2.28. The SMILES string of the molecule is Cc1ccccc1CC(Cl)c1c(F)cccc1F. The Morgan fingerprint density at radius 1 is 1.00 bits per heavy atom. The maximum absolute atomic E-state index is 13.6. The third-order valence-electron chi connectivity index (χ3n) is 2.97. The molecule has 0 saturated carbocycles. The molecule has 94 valence electrons. The highest BCUT2D eigenvalue weighted by Crippen LogP contribution is 2.30. The molecule has 0 radical (unpaired) electrons. The fourth-order valence-corrected chi connectivity index (χ4v) is 2.32. The molecule has 3 heteroatoms. The van der Waals surface area contributed by atoms with Crippen molar-refractivity contribution in [3.05, 3.63) is 70.8 Å². The zero-order chi connectivity index (χ0) is 13.1. The lowest BCUT2D eigenvalue weighted by Gasteiger charge is -2.13. The van der Waals surface area contributed by atoms with Gasteiger partial charge in [0.2, 0.25) is 0 Å². The van der Waals surface area contributed by atoms with E-state index in [-0.39, 0.29) is 5.56 Å². The Morgan fingerprint density at radius 3 is 2.22 bits per heavy atom. The number of halogens is 3. The van der Waals surface area contributed by atoms with E-state index >= 15 is 0 Å². The molecule has 0 aromatic heterocycles. The van der Waals surface area contributed by atoms with Crippen LogP contribution in [0.2, 0.25) is 0 Å². The van der Waals surface area contributed by atoms with Crippen molar-refractivity contribution >= 4 is 11.6 Å². The van der Waals surface area contributed by atoms with Crippen LogP contribution >= 0.6 is 11.6 Å². The maximum atomic E-state index is 13.6. The molecule has 0 nitrogen and oxygen atoms in total. The second-order valence-corrected chi connectivity index (χ2v) is 4.76. The number of aryl methyl sites for hydroxylation is 1. The van der Waals surface area contributed by atoms with E-state index in [2.05, 4.69) is 0 Å². The van der Waals surface area contributed by atoms with Crippen LogP contribution in [-0.4, -0.2) is 0 Å². The van der Waals surface area contributed by atoms with Crippen molar-refractivity contribution in [2.24, 2.45) is 0 Å². The maximum Gasteiger partial charge on any atom is 0.130 e. The largest absolute Gasteiger partial charge is 0.207 e. The molecular formula is C15H13ClF2. The zero-order valence-corrected chi connectivity index (χ0v) is 10.7. The van der Waals surface area contributed by atoms with Crippen molar-refractivity contribution in [3.63, 3.8) is 0 Å². The van der Waals surface area contributed by atoms with E-state index in [0.29, 0.717) is 6.42 Å². The van der Waals surface area contributed by atoms with Gasteiger partial charge in [-0.15, -0.1) is 11.6 Å². The summed E-state index contributed by atoms with van der Waals surface area (Å²) in [6.07, 6.45) is 0.409. The van der Waals surface area contributed by atoms with E-state index in [1.807, 2.05) is 31.2 Å². The van der Waals surface area contributed by atoms with E-state index in [1.165, 1.54) is 18.2 Å². The summed E-state index contributed by atoms with van der Waals surface area (Å²) < 4.78 is 27.2. The lowest BCUT2D eigenvalue weighted by molar-refractivity contribution is 0.551. The van der Waals surface area contributed by atoms with Crippen molar-refractivity contribution in [3.8, 4) is 0 Å². The van der Waals surface area contributed by atoms with Crippen molar-refractivity contribution in [1.29, 1.82) is 0 Å². The van der Waals surface area contributed by atoms with Gasteiger partial charge in [0.25, 0.3) is 0 Å². The molecule has 0 aliphatic heterocycles. The molecule has 0 saturated heterocycles. The van der Waals surface area contributed by atoms with Crippen LogP contribution in [0.3, 0.4) is 0 Å². The standard InChI is InChI=1S/C15H13ClF2/c1-10-5-2-3-6-11(10)9-12(16)15-13(17)7-4-8-14(15)18/h2-8,12H,9H2,1H3. The molecule has 0 N–H and O–H groups in total. The number of benzene rings is 2. The van der Waals surface area contributed by atoms with Gasteiger partial charge in [0.15, 0.2) is 0 Å². The minimum Gasteiger partial charge on any atom is -0.207 e. The minimum absolute atomic E-state index is 0.0533. The van der Waals surface area contributed by atoms with Gasteiger partial charge in [-0.1, -0.05) is 30.3 Å². The van der Waals surface area contributed by atoms with Crippen LogP contribution in [0, 0.1) is 18.6 Å². The van der Waals surface area contributed by atoms with Gasteiger partial charge in [-0.2, -0.15) is 0 Å². The lowest BCUT2D eigenvalue weighted by atomic mass is 9.99. The molecule has 0 amide bonds. The Morgan fingerprint density at radius 2 is 1.61 bits per heavy atom. The Bertz CT molecular complexity index is 532. The van der Waals surface area contributed by atoms with Crippen LogP contribution in [0.1, 0.15) is 22.1 Å². The van der Waals surface area contributed by atoms with E-state index in [1.54, 1.807) is 0 Å². The summed E-state index contributed by atoms with van der Waals surface area (Å²) in [5.74, 6) is -1.19. The highest BCUT2D eigenvalue weighted by atomic mass is 35.5. The van der Waals surface area contributed by atoms with Crippen LogP contribution in [-0.2, 0) is 6.42 Å². The van der Waals surface area contributed by atoms with Crippen molar-refractivity contribution in [2.45, 2.75) is 18.7 Å². The number of alkyl halides is 1. The Labute approximate surface area is 110 Å². The van der Waals surface area contributed by atoms with E-state index in [0.717, 1.165) is 11.1 Å². The molecule has 18 heavy (non-hydrogen) atoms. The van der Waals surface area contributed by atoms with Crippen LogP contribution in [0.15, 0.2) is 42.5 Å². The molecule has 0 heterocycles. The molecule has 2 aromatic carbocycles. The average Bonchev–Trinajstić information content (AvgIpc) is 2.32. The van der Waals surface area contributed by atoms with E-state index in [4.69, 9.17) is 11.6 Å². The summed E-state index contributed by atoms with van der Waals surface area (Å²) in [6, 6.07) is 11.5. The smallest absolute Gasteiger partial charge is 0.130 e. The topological polar surface area (TPSA) is 0 Å². The Hall–Kier alpha value is -1.41. The summed E-state index contributed by atoms with van der Waals surface area (Å²) in [5, 5.41) is -0.702. The normalized spacial score (nSPS) is 12.4. The average molecular weight is 267 g/mol. The number of rotatable bonds is 3. The first-order valence-corrected chi connectivity index (χ1v) is 6.15. The lowest BCUT2D eigenvalue weighted by Crippen LogP contribution is -2.03. The van der Waals surface area contributed by atoms with Crippen LogP contribution in [0.25, 0.3) is 0 Å². The quantitative estimate of drug-likeness (QED) is 0.701. The van der Waals surface area contributed by atoms with Gasteiger partial charge in [0.1, 0.15) is 11.6 Å². The number of hydrogen-bond acceptors (Lipinski definition) is 0. The monoisotopic (exact) mass is 266 g/mol. The molecular weight excluding hydrogens is 254 g/mol. The summed E-state index contributed by atoms with van der Waals surface area (Å²) >= 11 is 6.14. The fourth-order valence-electron chi connectivity index (χ4n) is 1.94. The molecule has 0 aliphatic carbocycles. The van der Waals surface area contributed by atoms with Gasteiger partial charge < -0.3 is 0 Å². The van der Waals surface area contributed by atoms with Crippen molar-refractivity contribution < 1.29 is 8.78 Å². The fraction of sp³-hybridized carbons (Fsp3) is 0.200. The van der Waals surface area contributed by atoms with E-state index in [9.17, 15) is 8.78 Å². The molecule has 0 spiro atoms. The van der Waals surface area contributed by atoms with Crippen LogP contribution < -0.4 is 0 Å². The minimum atomic E-state index is -0.702. The summed E-state index contributed by atoms with van der Waals surface area (Å²) in [6.45, 7) is 1.96. The molecule has 2 aromatic rings. The predicted molar refractivity (Wildman–Crippen MR) is 69.8 cm³/mol. The molecule has 0 fully saturated rings. The van der Waals surface area contributed by atoms with E-state index < -0.39 is 17.0 Å². The van der Waals surface area contributed by atoms with Crippen molar-refractivity contribution in [2.75, 3.05) is 0 Å². The first-order chi connectivity index (χ1) is 8.59. The zero-order valence-electron chi connectivity index (χ0n) is 9.96. The van der Waals surface area contributed by atoms with Gasteiger partial charge in [0.05, 0.1) is 5.38 Å². The van der Waals surface area contributed by atoms with Gasteiger partial charge >= 0.3 is 0 Å². The van der Waals surface area contributed by atoms with Crippen molar-refractivity contribution in [1.82, 2.24) is 0 Å². The van der Waals surface area contributed by atoms with Gasteiger partial charge in [-0.3, -0.25) is 0 Å².